The third kappa shape index (κ3) is 3.14. The molecule has 0 atom stereocenters. The van der Waals surface area contributed by atoms with Gasteiger partial charge in [0.15, 0.2) is 0 Å². The fourth-order valence-electron chi connectivity index (χ4n) is 1.63. The second-order valence-corrected chi connectivity index (χ2v) is 4.13. The number of nitrogens with two attached hydrogens (primary N) is 1. The lowest BCUT2D eigenvalue weighted by atomic mass is 10.1. The fraction of sp³-hybridized carbons (Fsp3) is 0.538. The molecule has 0 radical (unpaired) electrons. The van der Waals surface area contributed by atoms with Crippen LogP contribution in [0.3, 0.4) is 0 Å². The molecule has 1 aromatic carbocycles. The van der Waals surface area contributed by atoms with Crippen molar-refractivity contribution in [2.45, 2.75) is 33.3 Å². The molecule has 90 valence electrons. The highest BCUT2D eigenvalue weighted by Crippen LogP contribution is 2.29. The first kappa shape index (κ1) is 12.8. The SMILES string of the molecule is COc1cc(C)c(OC(C)C)cc1CCN. The maximum absolute atomic E-state index is 5.74. The highest BCUT2D eigenvalue weighted by atomic mass is 16.5. The molecule has 0 fully saturated rings. The first-order chi connectivity index (χ1) is 7.58. The molecule has 0 aliphatic rings. The van der Waals surface area contributed by atoms with Crippen molar-refractivity contribution >= 4 is 0 Å². The third-order valence-electron chi connectivity index (χ3n) is 2.35. The smallest absolute Gasteiger partial charge is 0.123 e. The molecule has 0 heterocycles. The lowest BCUT2D eigenvalue weighted by Crippen LogP contribution is -2.09. The van der Waals surface area contributed by atoms with Crippen molar-refractivity contribution in [3.8, 4) is 11.5 Å². The van der Waals surface area contributed by atoms with E-state index in [-0.39, 0.29) is 6.10 Å². The molecule has 3 nitrogen and oxygen atoms in total. The zero-order valence-corrected chi connectivity index (χ0v) is 10.5. The lowest BCUT2D eigenvalue weighted by molar-refractivity contribution is 0.240. The summed E-state index contributed by atoms with van der Waals surface area (Å²) in [4.78, 5) is 0. The van der Waals surface area contributed by atoms with E-state index < -0.39 is 0 Å². The summed E-state index contributed by atoms with van der Waals surface area (Å²) in [6.45, 7) is 6.67. The summed E-state index contributed by atoms with van der Waals surface area (Å²) in [5.74, 6) is 1.80. The Bertz CT molecular complexity index is 348. The lowest BCUT2D eigenvalue weighted by Gasteiger charge is -2.16. The van der Waals surface area contributed by atoms with Crippen LogP contribution >= 0.6 is 0 Å². The Kier molecular flexibility index (Phi) is 4.62. The van der Waals surface area contributed by atoms with Crippen LogP contribution in [-0.2, 0) is 6.42 Å². The van der Waals surface area contributed by atoms with Crippen molar-refractivity contribution in [3.05, 3.63) is 23.3 Å². The quantitative estimate of drug-likeness (QED) is 0.833. The van der Waals surface area contributed by atoms with E-state index in [1.807, 2.05) is 32.9 Å². The van der Waals surface area contributed by atoms with Gasteiger partial charge < -0.3 is 15.2 Å². The van der Waals surface area contributed by atoms with E-state index in [0.717, 1.165) is 29.0 Å². The minimum absolute atomic E-state index is 0.179. The molecule has 0 spiro atoms. The fourth-order valence-corrected chi connectivity index (χ4v) is 1.63. The summed E-state index contributed by atoms with van der Waals surface area (Å²) in [6, 6.07) is 4.03. The van der Waals surface area contributed by atoms with Gasteiger partial charge >= 0.3 is 0 Å². The summed E-state index contributed by atoms with van der Waals surface area (Å²) < 4.78 is 11.1. The van der Waals surface area contributed by atoms with Crippen molar-refractivity contribution in [2.75, 3.05) is 13.7 Å². The Hall–Kier alpha value is -1.22. The van der Waals surface area contributed by atoms with E-state index in [1.54, 1.807) is 7.11 Å². The Morgan fingerprint density at radius 1 is 1.25 bits per heavy atom. The first-order valence-corrected chi connectivity index (χ1v) is 5.62. The van der Waals surface area contributed by atoms with E-state index >= 15 is 0 Å². The van der Waals surface area contributed by atoms with Gasteiger partial charge in [0.25, 0.3) is 0 Å². The largest absolute Gasteiger partial charge is 0.496 e. The molecule has 0 aliphatic heterocycles. The highest BCUT2D eigenvalue weighted by Gasteiger charge is 2.09. The van der Waals surface area contributed by atoms with E-state index in [0.29, 0.717) is 6.54 Å². The third-order valence-corrected chi connectivity index (χ3v) is 2.35. The molecule has 0 unspecified atom stereocenters. The first-order valence-electron chi connectivity index (χ1n) is 5.62. The van der Waals surface area contributed by atoms with Crippen molar-refractivity contribution in [2.24, 2.45) is 5.73 Å². The molecule has 1 aromatic rings. The summed E-state index contributed by atoms with van der Waals surface area (Å²) in [7, 11) is 1.68. The molecule has 0 saturated heterocycles. The number of aryl methyl sites for hydroxylation is 1. The minimum Gasteiger partial charge on any atom is -0.496 e. The maximum Gasteiger partial charge on any atom is 0.123 e. The van der Waals surface area contributed by atoms with Gasteiger partial charge in [-0.1, -0.05) is 0 Å². The van der Waals surface area contributed by atoms with Crippen LogP contribution in [0.5, 0.6) is 11.5 Å². The van der Waals surface area contributed by atoms with Crippen molar-refractivity contribution in [1.82, 2.24) is 0 Å². The van der Waals surface area contributed by atoms with Crippen LogP contribution in [0.25, 0.3) is 0 Å². The Labute approximate surface area is 97.6 Å². The molecule has 16 heavy (non-hydrogen) atoms. The molecule has 0 saturated carbocycles. The highest BCUT2D eigenvalue weighted by molar-refractivity contribution is 5.46. The Balaban J connectivity index is 3.06. The number of rotatable bonds is 5. The van der Waals surface area contributed by atoms with Crippen LogP contribution in [0.1, 0.15) is 25.0 Å². The Morgan fingerprint density at radius 3 is 2.44 bits per heavy atom. The normalized spacial score (nSPS) is 10.6. The molecular formula is C13H21NO2. The van der Waals surface area contributed by atoms with Gasteiger partial charge in [0.05, 0.1) is 13.2 Å². The predicted octanol–water partition coefficient (Wildman–Crippen LogP) is 2.29. The van der Waals surface area contributed by atoms with Crippen molar-refractivity contribution in [3.63, 3.8) is 0 Å². The topological polar surface area (TPSA) is 44.5 Å². The van der Waals surface area contributed by atoms with E-state index in [9.17, 15) is 0 Å². The number of hydrogen-bond donors (Lipinski definition) is 1. The molecule has 0 aromatic heterocycles. The summed E-state index contributed by atoms with van der Waals surface area (Å²) in [5, 5.41) is 0. The number of ether oxygens (including phenoxy) is 2. The van der Waals surface area contributed by atoms with Crippen LogP contribution in [0.15, 0.2) is 12.1 Å². The van der Waals surface area contributed by atoms with Crippen LogP contribution in [0.2, 0.25) is 0 Å². The zero-order valence-electron chi connectivity index (χ0n) is 10.5. The monoisotopic (exact) mass is 223 g/mol. The second kappa shape index (κ2) is 5.75. The van der Waals surface area contributed by atoms with Crippen LogP contribution in [0, 0.1) is 6.92 Å². The average Bonchev–Trinajstić information content (AvgIpc) is 2.22. The second-order valence-electron chi connectivity index (χ2n) is 4.13. The van der Waals surface area contributed by atoms with Crippen LogP contribution in [-0.4, -0.2) is 19.8 Å². The maximum atomic E-state index is 5.74. The summed E-state index contributed by atoms with van der Waals surface area (Å²) in [5.41, 5.74) is 7.77. The molecule has 0 bridgehead atoms. The number of hydrogen-bond acceptors (Lipinski definition) is 3. The van der Waals surface area contributed by atoms with Crippen molar-refractivity contribution < 1.29 is 9.47 Å². The Morgan fingerprint density at radius 2 is 1.94 bits per heavy atom. The number of benzene rings is 1. The van der Waals surface area contributed by atoms with Gasteiger partial charge in [0.1, 0.15) is 11.5 Å². The van der Waals surface area contributed by atoms with Crippen LogP contribution < -0.4 is 15.2 Å². The molecule has 1 rings (SSSR count). The standard InChI is InChI=1S/C13H21NO2/c1-9(2)16-12-8-11(5-6-14)13(15-4)7-10(12)3/h7-9H,5-6,14H2,1-4H3. The van der Waals surface area contributed by atoms with E-state index in [2.05, 4.69) is 0 Å². The molecular weight excluding hydrogens is 202 g/mol. The molecule has 3 heteroatoms. The average molecular weight is 223 g/mol. The number of methoxy groups -OCH3 is 1. The van der Waals surface area contributed by atoms with Crippen molar-refractivity contribution in [1.29, 1.82) is 0 Å². The molecule has 0 amide bonds. The predicted molar refractivity (Wildman–Crippen MR) is 66.3 cm³/mol. The van der Waals surface area contributed by atoms with Gasteiger partial charge in [0, 0.05) is 0 Å². The van der Waals surface area contributed by atoms with Gasteiger partial charge in [-0.05, 0) is 57.0 Å². The summed E-state index contributed by atoms with van der Waals surface area (Å²) in [6.07, 6.45) is 0.982. The van der Waals surface area contributed by atoms with Gasteiger partial charge in [0.2, 0.25) is 0 Å². The van der Waals surface area contributed by atoms with Gasteiger partial charge in [-0.3, -0.25) is 0 Å². The van der Waals surface area contributed by atoms with Gasteiger partial charge in [-0.15, -0.1) is 0 Å². The van der Waals surface area contributed by atoms with Gasteiger partial charge in [-0.2, -0.15) is 0 Å². The molecule has 0 aliphatic carbocycles. The van der Waals surface area contributed by atoms with Gasteiger partial charge in [-0.25, -0.2) is 0 Å². The van der Waals surface area contributed by atoms with E-state index in [4.69, 9.17) is 15.2 Å². The molecule has 2 N–H and O–H groups in total. The van der Waals surface area contributed by atoms with E-state index in [1.165, 1.54) is 0 Å². The zero-order chi connectivity index (χ0) is 12.1. The van der Waals surface area contributed by atoms with Crippen LogP contribution in [0.4, 0.5) is 0 Å². The minimum atomic E-state index is 0.179. The summed E-state index contributed by atoms with van der Waals surface area (Å²) >= 11 is 0.